The molecule has 2 aromatic rings. The average Bonchev–Trinajstić information content (AvgIpc) is 2.67. The van der Waals surface area contributed by atoms with Gasteiger partial charge >= 0.3 is 23.9 Å². The maximum absolute atomic E-state index is 11.0. The van der Waals surface area contributed by atoms with Crippen LogP contribution < -0.4 is 0 Å². The highest BCUT2D eigenvalue weighted by molar-refractivity contribution is 5.93. The summed E-state index contributed by atoms with van der Waals surface area (Å²) in [5.41, 5.74) is 0.973. The molecule has 0 aliphatic heterocycles. The van der Waals surface area contributed by atoms with Crippen molar-refractivity contribution in [3.63, 3.8) is 0 Å². The molecule has 0 spiro atoms. The van der Waals surface area contributed by atoms with E-state index in [1.54, 1.807) is 0 Å². The number of benzene rings is 2. The molecule has 26 heavy (non-hydrogen) atoms. The Hall–Kier alpha value is -3.68. The Morgan fingerprint density at radius 3 is 1.00 bits per heavy atom. The van der Waals surface area contributed by atoms with Crippen molar-refractivity contribution < 1.29 is 38.9 Å². The molecule has 0 saturated carbocycles. The molecule has 8 heteroatoms. The number of methoxy groups -OCH3 is 2. The van der Waals surface area contributed by atoms with Gasteiger partial charge in [0.2, 0.25) is 0 Å². The molecule has 0 bridgehead atoms. The molecule has 2 rings (SSSR count). The largest absolute Gasteiger partial charge is 0.478 e. The fourth-order valence-electron chi connectivity index (χ4n) is 1.73. The van der Waals surface area contributed by atoms with Gasteiger partial charge in [0.05, 0.1) is 36.5 Å². The zero-order valence-electron chi connectivity index (χ0n) is 14.0. The van der Waals surface area contributed by atoms with Crippen molar-refractivity contribution in [2.24, 2.45) is 0 Å². The van der Waals surface area contributed by atoms with E-state index in [0.29, 0.717) is 11.1 Å². The van der Waals surface area contributed by atoms with Gasteiger partial charge in [-0.3, -0.25) is 0 Å². The van der Waals surface area contributed by atoms with E-state index in [0.717, 1.165) is 0 Å². The van der Waals surface area contributed by atoms with Crippen LogP contribution in [0.2, 0.25) is 0 Å². The van der Waals surface area contributed by atoms with E-state index in [9.17, 15) is 19.2 Å². The summed E-state index contributed by atoms with van der Waals surface area (Å²) in [4.78, 5) is 42.7. The van der Waals surface area contributed by atoms with E-state index < -0.39 is 23.9 Å². The van der Waals surface area contributed by atoms with Crippen molar-refractivity contribution in [2.75, 3.05) is 14.2 Å². The third-order valence-electron chi connectivity index (χ3n) is 3.11. The third kappa shape index (κ3) is 5.75. The molecule has 0 radical (unpaired) electrons. The highest BCUT2D eigenvalue weighted by Crippen LogP contribution is 2.06. The van der Waals surface area contributed by atoms with E-state index in [2.05, 4.69) is 9.47 Å². The lowest BCUT2D eigenvalue weighted by Crippen LogP contribution is -2.04. The third-order valence-corrected chi connectivity index (χ3v) is 3.11. The van der Waals surface area contributed by atoms with Crippen molar-refractivity contribution in [3.8, 4) is 0 Å². The van der Waals surface area contributed by atoms with E-state index in [1.807, 2.05) is 0 Å². The average molecular weight is 360 g/mol. The number of hydrogen-bond donors (Lipinski definition) is 2. The van der Waals surface area contributed by atoms with Gasteiger partial charge in [-0.25, -0.2) is 19.2 Å². The zero-order chi connectivity index (χ0) is 19.7. The highest BCUT2D eigenvalue weighted by atomic mass is 16.5. The minimum Gasteiger partial charge on any atom is -0.478 e. The first-order valence-corrected chi connectivity index (χ1v) is 7.13. The fraction of sp³-hybridized carbons (Fsp3) is 0.111. The summed E-state index contributed by atoms with van der Waals surface area (Å²) < 4.78 is 9.02. The molecule has 0 atom stereocenters. The van der Waals surface area contributed by atoms with E-state index >= 15 is 0 Å². The predicted molar refractivity (Wildman–Crippen MR) is 89.5 cm³/mol. The van der Waals surface area contributed by atoms with Gasteiger partial charge in [-0.2, -0.15) is 0 Å². The number of rotatable bonds is 4. The summed E-state index contributed by atoms with van der Waals surface area (Å²) in [7, 11) is 2.60. The Morgan fingerprint density at radius 1 is 0.577 bits per heavy atom. The predicted octanol–water partition coefficient (Wildman–Crippen LogP) is 2.34. The smallest absolute Gasteiger partial charge is 0.337 e. The monoisotopic (exact) mass is 360 g/mol. The normalized spacial score (nSPS) is 9.31. The lowest BCUT2D eigenvalue weighted by atomic mass is 10.1. The lowest BCUT2D eigenvalue weighted by Gasteiger charge is -2.00. The number of ether oxygens (including phenoxy) is 2. The number of carbonyl (C=O) groups is 4. The van der Waals surface area contributed by atoms with Gasteiger partial charge < -0.3 is 19.7 Å². The number of carboxylic acid groups (broad SMARTS) is 2. The first-order chi connectivity index (χ1) is 12.3. The molecule has 0 saturated heterocycles. The topological polar surface area (TPSA) is 127 Å². The lowest BCUT2D eigenvalue weighted by molar-refractivity contribution is 0.0586. The molecule has 0 amide bonds. The fourth-order valence-corrected chi connectivity index (χ4v) is 1.73. The van der Waals surface area contributed by atoms with E-state index in [-0.39, 0.29) is 11.1 Å². The van der Waals surface area contributed by atoms with Crippen LogP contribution in [0.15, 0.2) is 48.5 Å². The first kappa shape index (κ1) is 20.4. The SMILES string of the molecule is COC(=O)c1ccc(C(=O)OC)cc1.O=C(O)c1ccc(C(=O)O)cc1. The van der Waals surface area contributed by atoms with Crippen LogP contribution in [0.4, 0.5) is 0 Å². The van der Waals surface area contributed by atoms with Gasteiger partial charge in [0.25, 0.3) is 0 Å². The summed E-state index contributed by atoms with van der Waals surface area (Å²) in [5.74, 6) is -2.98. The van der Waals surface area contributed by atoms with Gasteiger partial charge in [0.1, 0.15) is 0 Å². The number of carboxylic acids is 2. The Morgan fingerprint density at radius 2 is 0.808 bits per heavy atom. The van der Waals surface area contributed by atoms with Gasteiger partial charge in [-0.1, -0.05) is 0 Å². The van der Waals surface area contributed by atoms with Crippen LogP contribution in [0.5, 0.6) is 0 Å². The molecule has 2 N–H and O–H groups in total. The molecular weight excluding hydrogens is 344 g/mol. The van der Waals surface area contributed by atoms with Gasteiger partial charge in [-0.05, 0) is 48.5 Å². The number of hydrogen-bond acceptors (Lipinski definition) is 6. The molecule has 0 aliphatic rings. The minimum atomic E-state index is -1.06. The minimum absolute atomic E-state index is 0.0833. The molecule has 0 aliphatic carbocycles. The van der Waals surface area contributed by atoms with Crippen LogP contribution in [-0.2, 0) is 9.47 Å². The quantitative estimate of drug-likeness (QED) is 0.795. The van der Waals surface area contributed by atoms with E-state index in [1.165, 1.54) is 62.8 Å². The van der Waals surface area contributed by atoms with Crippen LogP contribution in [0.3, 0.4) is 0 Å². The van der Waals surface area contributed by atoms with Crippen LogP contribution in [0.1, 0.15) is 41.4 Å². The summed E-state index contributed by atoms with van der Waals surface area (Å²) in [5, 5.41) is 16.9. The second kappa shape index (κ2) is 9.58. The van der Waals surface area contributed by atoms with Crippen LogP contribution in [0, 0.1) is 0 Å². The molecule has 136 valence electrons. The number of esters is 2. The van der Waals surface area contributed by atoms with Crippen molar-refractivity contribution in [2.45, 2.75) is 0 Å². The summed E-state index contributed by atoms with van der Waals surface area (Å²) in [6.07, 6.45) is 0. The molecule has 0 unspecified atom stereocenters. The van der Waals surface area contributed by atoms with Crippen molar-refractivity contribution in [1.82, 2.24) is 0 Å². The van der Waals surface area contributed by atoms with Crippen molar-refractivity contribution in [1.29, 1.82) is 0 Å². The molecule has 0 aromatic heterocycles. The molecular formula is C18H16O8. The van der Waals surface area contributed by atoms with Gasteiger partial charge in [0.15, 0.2) is 0 Å². The second-order valence-electron chi connectivity index (χ2n) is 4.75. The number of carbonyl (C=O) groups excluding carboxylic acids is 2. The van der Waals surface area contributed by atoms with Crippen LogP contribution in [0.25, 0.3) is 0 Å². The maximum atomic E-state index is 11.0. The second-order valence-corrected chi connectivity index (χ2v) is 4.75. The van der Waals surface area contributed by atoms with Gasteiger partial charge in [-0.15, -0.1) is 0 Å². The Bertz CT molecular complexity index is 723. The summed E-state index contributed by atoms with van der Waals surface area (Å²) >= 11 is 0. The highest BCUT2D eigenvalue weighted by Gasteiger charge is 2.08. The summed E-state index contributed by atoms with van der Waals surface area (Å²) in [6.45, 7) is 0. The van der Waals surface area contributed by atoms with Gasteiger partial charge in [0, 0.05) is 0 Å². The zero-order valence-corrected chi connectivity index (χ0v) is 14.0. The maximum Gasteiger partial charge on any atom is 0.337 e. The standard InChI is InChI=1S/C10H10O4.C8H6O4/c1-13-9(11)7-3-5-8(6-4-7)10(12)14-2;9-7(10)5-1-2-6(4-3-5)8(11)12/h3-6H,1-2H3;1-4H,(H,9,10)(H,11,12). The first-order valence-electron chi connectivity index (χ1n) is 7.13. The van der Waals surface area contributed by atoms with Crippen LogP contribution in [-0.4, -0.2) is 48.3 Å². The molecule has 0 fully saturated rings. The Labute approximate surface area is 148 Å². The molecule has 8 nitrogen and oxygen atoms in total. The van der Waals surface area contributed by atoms with E-state index in [4.69, 9.17) is 10.2 Å². The van der Waals surface area contributed by atoms with Crippen LogP contribution >= 0.6 is 0 Å². The Balaban J connectivity index is 0.000000263. The Kier molecular flexibility index (Phi) is 7.50. The summed E-state index contributed by atoms with van der Waals surface area (Å²) in [6, 6.07) is 11.1. The molecule has 0 heterocycles. The van der Waals surface area contributed by atoms with Crippen molar-refractivity contribution in [3.05, 3.63) is 70.8 Å². The molecule has 2 aromatic carbocycles. The number of aromatic carboxylic acids is 2. The van der Waals surface area contributed by atoms with Crippen molar-refractivity contribution >= 4 is 23.9 Å².